The summed E-state index contributed by atoms with van der Waals surface area (Å²) in [7, 11) is 0. The Labute approximate surface area is 164 Å². The average molecular weight is 404 g/mol. The standard InChI is InChI=1S/C20H18F2N2O3S/c21-20(22)27-18-5-1-14(2-6-18)9-10-23-19(25)15-3-7-17(8-4-15)26-11-16-12-28-13-24-16/h1-8,12-13,20H,9-11H2,(H,23,25). The molecule has 0 saturated carbocycles. The van der Waals surface area contributed by atoms with Crippen molar-refractivity contribution in [3.63, 3.8) is 0 Å². The van der Waals surface area contributed by atoms with E-state index < -0.39 is 6.61 Å². The number of hydrogen-bond donors (Lipinski definition) is 1. The van der Waals surface area contributed by atoms with Gasteiger partial charge >= 0.3 is 6.61 Å². The molecule has 1 heterocycles. The van der Waals surface area contributed by atoms with E-state index >= 15 is 0 Å². The fraction of sp³-hybridized carbons (Fsp3) is 0.200. The number of aromatic nitrogens is 1. The highest BCUT2D eigenvalue weighted by Gasteiger charge is 2.07. The summed E-state index contributed by atoms with van der Waals surface area (Å²) in [5, 5.41) is 4.75. The Morgan fingerprint density at radius 1 is 1.07 bits per heavy atom. The molecular weight excluding hydrogens is 386 g/mol. The summed E-state index contributed by atoms with van der Waals surface area (Å²) >= 11 is 1.51. The molecule has 0 aliphatic heterocycles. The van der Waals surface area contributed by atoms with Gasteiger partial charge in [-0.05, 0) is 48.4 Å². The predicted molar refractivity (Wildman–Crippen MR) is 102 cm³/mol. The maximum absolute atomic E-state index is 12.2. The van der Waals surface area contributed by atoms with Crippen LogP contribution in [-0.2, 0) is 13.0 Å². The van der Waals surface area contributed by atoms with Gasteiger partial charge in [0.2, 0.25) is 0 Å². The van der Waals surface area contributed by atoms with E-state index in [1.54, 1.807) is 41.9 Å². The van der Waals surface area contributed by atoms with Crippen LogP contribution in [0.25, 0.3) is 0 Å². The van der Waals surface area contributed by atoms with Gasteiger partial charge in [0.1, 0.15) is 18.1 Å². The third-order valence-electron chi connectivity index (χ3n) is 3.83. The Morgan fingerprint density at radius 2 is 1.79 bits per heavy atom. The van der Waals surface area contributed by atoms with Crippen molar-refractivity contribution in [2.75, 3.05) is 6.54 Å². The molecule has 0 spiro atoms. The maximum Gasteiger partial charge on any atom is 0.387 e. The van der Waals surface area contributed by atoms with Crippen LogP contribution in [-0.4, -0.2) is 24.0 Å². The fourth-order valence-electron chi connectivity index (χ4n) is 2.43. The lowest BCUT2D eigenvalue weighted by Gasteiger charge is -2.08. The molecule has 0 fully saturated rings. The number of nitrogens with one attached hydrogen (secondary N) is 1. The van der Waals surface area contributed by atoms with Crippen LogP contribution in [0.5, 0.6) is 11.5 Å². The number of benzene rings is 2. The molecule has 1 N–H and O–H groups in total. The molecule has 5 nitrogen and oxygen atoms in total. The zero-order chi connectivity index (χ0) is 19.8. The quantitative estimate of drug-likeness (QED) is 0.578. The van der Waals surface area contributed by atoms with Crippen LogP contribution in [0, 0.1) is 0 Å². The number of carbonyl (C=O) groups excluding carboxylic acids is 1. The van der Waals surface area contributed by atoms with Crippen LogP contribution in [0.1, 0.15) is 21.6 Å². The van der Waals surface area contributed by atoms with Gasteiger partial charge in [0.15, 0.2) is 0 Å². The van der Waals surface area contributed by atoms with E-state index in [0.717, 1.165) is 11.3 Å². The van der Waals surface area contributed by atoms with E-state index in [2.05, 4.69) is 15.0 Å². The second-order valence-corrected chi connectivity index (χ2v) is 6.54. The van der Waals surface area contributed by atoms with Crippen molar-refractivity contribution in [2.45, 2.75) is 19.6 Å². The lowest BCUT2D eigenvalue weighted by Crippen LogP contribution is -2.25. The minimum absolute atomic E-state index is 0.111. The van der Waals surface area contributed by atoms with Crippen molar-refractivity contribution in [3.05, 3.63) is 76.2 Å². The zero-order valence-corrected chi connectivity index (χ0v) is 15.6. The Bertz CT molecular complexity index is 869. The molecule has 0 unspecified atom stereocenters. The van der Waals surface area contributed by atoms with Crippen molar-refractivity contribution < 1.29 is 23.0 Å². The highest BCUT2D eigenvalue weighted by molar-refractivity contribution is 7.07. The second kappa shape index (κ2) is 9.80. The monoisotopic (exact) mass is 404 g/mol. The minimum Gasteiger partial charge on any atom is -0.487 e. The van der Waals surface area contributed by atoms with Crippen molar-refractivity contribution in [2.24, 2.45) is 0 Å². The molecule has 1 aromatic heterocycles. The Morgan fingerprint density at radius 3 is 2.43 bits per heavy atom. The number of halogens is 2. The molecule has 1 amide bonds. The van der Waals surface area contributed by atoms with Crippen LogP contribution < -0.4 is 14.8 Å². The molecule has 28 heavy (non-hydrogen) atoms. The fourth-order valence-corrected chi connectivity index (χ4v) is 2.97. The van der Waals surface area contributed by atoms with E-state index in [1.165, 1.54) is 23.5 Å². The van der Waals surface area contributed by atoms with Gasteiger partial charge in [-0.25, -0.2) is 4.98 Å². The molecule has 0 radical (unpaired) electrons. The molecule has 2 aromatic carbocycles. The SMILES string of the molecule is O=C(NCCc1ccc(OC(F)F)cc1)c1ccc(OCc2cscn2)cc1. The van der Waals surface area contributed by atoms with Crippen molar-refractivity contribution in [3.8, 4) is 11.5 Å². The molecule has 3 aromatic rings. The maximum atomic E-state index is 12.2. The minimum atomic E-state index is -2.84. The molecule has 8 heteroatoms. The summed E-state index contributed by atoms with van der Waals surface area (Å²) in [4.78, 5) is 16.3. The molecular formula is C20H18F2N2O3S. The Hall–Kier alpha value is -3.00. The van der Waals surface area contributed by atoms with Gasteiger partial charge in [0, 0.05) is 17.5 Å². The van der Waals surface area contributed by atoms with Gasteiger partial charge in [0.25, 0.3) is 5.91 Å². The van der Waals surface area contributed by atoms with E-state index in [4.69, 9.17) is 4.74 Å². The summed E-state index contributed by atoms with van der Waals surface area (Å²) in [6.45, 7) is -2.03. The van der Waals surface area contributed by atoms with Crippen LogP contribution in [0.3, 0.4) is 0 Å². The molecule has 0 aliphatic rings. The van der Waals surface area contributed by atoms with Crippen LogP contribution in [0.2, 0.25) is 0 Å². The summed E-state index contributed by atoms with van der Waals surface area (Å²) in [5.74, 6) is 0.583. The normalized spacial score (nSPS) is 10.7. The number of amides is 1. The lowest BCUT2D eigenvalue weighted by atomic mass is 10.1. The van der Waals surface area contributed by atoms with E-state index in [0.29, 0.717) is 30.9 Å². The first-order valence-corrected chi connectivity index (χ1v) is 9.46. The number of alkyl halides is 2. The lowest BCUT2D eigenvalue weighted by molar-refractivity contribution is -0.0498. The van der Waals surface area contributed by atoms with Gasteiger partial charge in [-0.15, -0.1) is 11.3 Å². The molecule has 0 aliphatic carbocycles. The molecule has 0 saturated heterocycles. The van der Waals surface area contributed by atoms with E-state index in [9.17, 15) is 13.6 Å². The average Bonchev–Trinajstić information content (AvgIpc) is 3.21. The number of thiazole rings is 1. The molecule has 146 valence electrons. The number of ether oxygens (including phenoxy) is 2. The van der Waals surface area contributed by atoms with E-state index in [1.807, 2.05) is 5.38 Å². The van der Waals surface area contributed by atoms with Crippen LogP contribution in [0.15, 0.2) is 59.4 Å². The predicted octanol–water partition coefficient (Wildman–Crippen LogP) is 4.30. The molecule has 0 bridgehead atoms. The zero-order valence-electron chi connectivity index (χ0n) is 14.8. The number of hydrogen-bond acceptors (Lipinski definition) is 5. The summed E-state index contributed by atoms with van der Waals surface area (Å²) in [6.07, 6.45) is 0.579. The molecule has 3 rings (SSSR count). The smallest absolute Gasteiger partial charge is 0.387 e. The first-order chi connectivity index (χ1) is 13.6. The van der Waals surface area contributed by atoms with Gasteiger partial charge in [-0.1, -0.05) is 12.1 Å². The van der Waals surface area contributed by atoms with Gasteiger partial charge in [0.05, 0.1) is 11.2 Å². The number of nitrogens with zero attached hydrogens (tertiary/aromatic N) is 1. The highest BCUT2D eigenvalue weighted by atomic mass is 32.1. The van der Waals surface area contributed by atoms with Crippen molar-refractivity contribution in [1.29, 1.82) is 0 Å². The third-order valence-corrected chi connectivity index (χ3v) is 4.47. The number of rotatable bonds is 9. The third kappa shape index (κ3) is 6.02. The summed E-state index contributed by atoms with van der Waals surface area (Å²) in [6, 6.07) is 13.2. The first-order valence-electron chi connectivity index (χ1n) is 8.52. The second-order valence-electron chi connectivity index (χ2n) is 5.82. The first kappa shape index (κ1) is 19.8. The van der Waals surface area contributed by atoms with Crippen LogP contribution in [0.4, 0.5) is 8.78 Å². The Balaban J connectivity index is 1.43. The largest absolute Gasteiger partial charge is 0.487 e. The Kier molecular flexibility index (Phi) is 6.91. The molecule has 0 atom stereocenters. The summed E-state index contributed by atoms with van der Waals surface area (Å²) < 4.78 is 34.2. The van der Waals surface area contributed by atoms with Gasteiger partial charge in [-0.2, -0.15) is 8.78 Å². The van der Waals surface area contributed by atoms with Crippen molar-refractivity contribution in [1.82, 2.24) is 10.3 Å². The topological polar surface area (TPSA) is 60.5 Å². The highest BCUT2D eigenvalue weighted by Crippen LogP contribution is 2.16. The van der Waals surface area contributed by atoms with E-state index in [-0.39, 0.29) is 11.7 Å². The van der Waals surface area contributed by atoms with Gasteiger partial charge < -0.3 is 14.8 Å². The van der Waals surface area contributed by atoms with Crippen molar-refractivity contribution >= 4 is 17.2 Å². The summed E-state index contributed by atoms with van der Waals surface area (Å²) in [5.41, 5.74) is 4.05. The van der Waals surface area contributed by atoms with Crippen LogP contribution >= 0.6 is 11.3 Å². The van der Waals surface area contributed by atoms with Gasteiger partial charge in [-0.3, -0.25) is 4.79 Å². The number of carbonyl (C=O) groups is 1.